The number of aryl methyl sites for hydroxylation is 2. The average Bonchev–Trinajstić information content (AvgIpc) is 3.18. The molecule has 8 heteroatoms. The Hall–Kier alpha value is -3.00. The molecule has 0 saturated heterocycles. The fourth-order valence-corrected chi connectivity index (χ4v) is 4.65. The van der Waals surface area contributed by atoms with Crippen LogP contribution in [-0.2, 0) is 4.74 Å². The summed E-state index contributed by atoms with van der Waals surface area (Å²) >= 11 is 1.40. The highest BCUT2D eigenvalue weighted by molar-refractivity contribution is 7.17. The minimum absolute atomic E-state index is 0.278. The zero-order chi connectivity index (χ0) is 20.1. The van der Waals surface area contributed by atoms with Crippen LogP contribution in [0.2, 0.25) is 0 Å². The molecule has 0 unspecified atom stereocenters. The second kappa shape index (κ2) is 6.81. The molecule has 4 aromatic rings. The van der Waals surface area contributed by atoms with E-state index in [9.17, 15) is 4.79 Å². The van der Waals surface area contributed by atoms with Crippen LogP contribution >= 0.6 is 11.3 Å². The largest absolute Gasteiger partial charge is 0.462 e. The summed E-state index contributed by atoms with van der Waals surface area (Å²) in [5.74, 6) is 0.855. The first-order valence-corrected chi connectivity index (χ1v) is 10.5. The van der Waals surface area contributed by atoms with Crippen LogP contribution < -0.4 is 0 Å². The SMILES string of the molecule is CCOC(=O)c1sc(-c2ccn3ncc(-c4c(C)noc4C)c3c2)nc1C1CC1. The number of rotatable bonds is 5. The summed E-state index contributed by atoms with van der Waals surface area (Å²) in [6.45, 7) is 6.00. The minimum atomic E-state index is -0.278. The highest BCUT2D eigenvalue weighted by atomic mass is 32.1. The Kier molecular flexibility index (Phi) is 4.24. The molecule has 5 rings (SSSR count). The van der Waals surface area contributed by atoms with Gasteiger partial charge in [0.1, 0.15) is 15.6 Å². The minimum Gasteiger partial charge on any atom is -0.462 e. The first kappa shape index (κ1) is 18.1. The molecule has 0 radical (unpaired) electrons. The summed E-state index contributed by atoms with van der Waals surface area (Å²) in [5, 5.41) is 9.35. The summed E-state index contributed by atoms with van der Waals surface area (Å²) in [6.07, 6.45) is 5.89. The summed E-state index contributed by atoms with van der Waals surface area (Å²) < 4.78 is 12.4. The second-order valence-electron chi connectivity index (χ2n) is 7.23. The lowest BCUT2D eigenvalue weighted by atomic mass is 10.1. The fraction of sp³-hybridized carbons (Fsp3) is 0.333. The summed E-state index contributed by atoms with van der Waals surface area (Å²) in [6, 6.07) is 4.03. The van der Waals surface area contributed by atoms with E-state index in [1.54, 1.807) is 0 Å². The zero-order valence-corrected chi connectivity index (χ0v) is 17.2. The van der Waals surface area contributed by atoms with Gasteiger partial charge in [-0.1, -0.05) is 5.16 Å². The van der Waals surface area contributed by atoms with Crippen LogP contribution in [0, 0.1) is 13.8 Å². The van der Waals surface area contributed by atoms with Crippen LogP contribution in [0.5, 0.6) is 0 Å². The third-order valence-corrected chi connectivity index (χ3v) is 6.25. The van der Waals surface area contributed by atoms with E-state index in [-0.39, 0.29) is 5.97 Å². The molecule has 4 aromatic heterocycles. The van der Waals surface area contributed by atoms with Gasteiger partial charge in [0.15, 0.2) is 0 Å². The van der Waals surface area contributed by atoms with Crippen molar-refractivity contribution in [2.24, 2.45) is 0 Å². The van der Waals surface area contributed by atoms with E-state index in [4.69, 9.17) is 14.2 Å². The van der Waals surface area contributed by atoms with Gasteiger partial charge in [0.05, 0.1) is 35.3 Å². The second-order valence-corrected chi connectivity index (χ2v) is 8.23. The number of hydrogen-bond donors (Lipinski definition) is 0. The number of ether oxygens (including phenoxy) is 1. The van der Waals surface area contributed by atoms with Crippen LogP contribution in [0.3, 0.4) is 0 Å². The number of carbonyl (C=O) groups is 1. The number of fused-ring (bicyclic) bond motifs is 1. The zero-order valence-electron chi connectivity index (χ0n) is 16.4. The third kappa shape index (κ3) is 3.04. The molecule has 0 bridgehead atoms. The normalized spacial score (nSPS) is 13.9. The maximum atomic E-state index is 12.4. The van der Waals surface area contributed by atoms with Crippen molar-refractivity contribution in [3.63, 3.8) is 0 Å². The van der Waals surface area contributed by atoms with Gasteiger partial charge in [-0.15, -0.1) is 11.3 Å². The van der Waals surface area contributed by atoms with Crippen molar-refractivity contribution in [1.82, 2.24) is 19.8 Å². The van der Waals surface area contributed by atoms with E-state index >= 15 is 0 Å². The van der Waals surface area contributed by atoms with E-state index in [1.807, 2.05) is 43.7 Å². The van der Waals surface area contributed by atoms with Crippen LogP contribution in [0.1, 0.15) is 52.5 Å². The number of nitrogens with zero attached hydrogens (tertiary/aromatic N) is 4. The molecule has 1 saturated carbocycles. The van der Waals surface area contributed by atoms with Gasteiger partial charge in [-0.2, -0.15) is 5.10 Å². The van der Waals surface area contributed by atoms with E-state index in [2.05, 4.69) is 16.3 Å². The first-order valence-electron chi connectivity index (χ1n) is 9.65. The smallest absolute Gasteiger partial charge is 0.350 e. The molecule has 0 aromatic carbocycles. The van der Waals surface area contributed by atoms with Crippen molar-refractivity contribution in [2.75, 3.05) is 6.61 Å². The van der Waals surface area contributed by atoms with Gasteiger partial charge in [-0.25, -0.2) is 14.3 Å². The number of thiazole rings is 1. The predicted octanol–water partition coefficient (Wildman–Crippen LogP) is 4.78. The monoisotopic (exact) mass is 408 g/mol. The first-order chi connectivity index (χ1) is 14.1. The number of aromatic nitrogens is 4. The molecular weight excluding hydrogens is 388 g/mol. The quantitative estimate of drug-likeness (QED) is 0.442. The maximum Gasteiger partial charge on any atom is 0.350 e. The Morgan fingerprint density at radius 3 is 2.90 bits per heavy atom. The lowest BCUT2D eigenvalue weighted by Gasteiger charge is -2.01. The molecule has 148 valence electrons. The predicted molar refractivity (Wildman–Crippen MR) is 109 cm³/mol. The van der Waals surface area contributed by atoms with Crippen molar-refractivity contribution < 1.29 is 14.1 Å². The summed E-state index contributed by atoms with van der Waals surface area (Å²) in [4.78, 5) is 17.9. The molecular formula is C21H20N4O3S. The van der Waals surface area contributed by atoms with Crippen molar-refractivity contribution in [2.45, 2.75) is 39.5 Å². The van der Waals surface area contributed by atoms with Crippen molar-refractivity contribution >= 4 is 22.8 Å². The number of hydrogen-bond acceptors (Lipinski definition) is 7. The fourth-order valence-electron chi connectivity index (χ4n) is 3.61. The van der Waals surface area contributed by atoms with Gasteiger partial charge in [-0.3, -0.25) is 0 Å². The van der Waals surface area contributed by atoms with Crippen LogP contribution in [0.4, 0.5) is 0 Å². The van der Waals surface area contributed by atoms with E-state index in [0.717, 1.165) is 57.2 Å². The topological polar surface area (TPSA) is 82.5 Å². The van der Waals surface area contributed by atoms with Crippen molar-refractivity contribution in [3.8, 4) is 21.7 Å². The summed E-state index contributed by atoms with van der Waals surface area (Å²) in [5.41, 5.74) is 5.53. The van der Waals surface area contributed by atoms with Crippen molar-refractivity contribution in [1.29, 1.82) is 0 Å². The molecule has 1 aliphatic carbocycles. The molecule has 0 amide bonds. The number of esters is 1. The summed E-state index contributed by atoms with van der Waals surface area (Å²) in [7, 11) is 0. The molecule has 4 heterocycles. The highest BCUT2D eigenvalue weighted by Crippen LogP contribution is 2.44. The standard InChI is InChI=1S/C21H20N4O3S/c1-4-27-21(26)19-18(13-5-6-13)23-20(29-19)14-7-8-25-16(9-14)15(10-22-25)17-11(2)24-28-12(17)3/h7-10,13H,4-6H2,1-3H3. The van der Waals surface area contributed by atoms with E-state index < -0.39 is 0 Å². The Labute approximate surface area is 171 Å². The van der Waals surface area contributed by atoms with Crippen LogP contribution in [-0.4, -0.2) is 32.3 Å². The van der Waals surface area contributed by atoms with Gasteiger partial charge in [0.25, 0.3) is 0 Å². The number of pyridine rings is 1. The molecule has 29 heavy (non-hydrogen) atoms. The highest BCUT2D eigenvalue weighted by Gasteiger charge is 2.33. The van der Waals surface area contributed by atoms with Crippen LogP contribution in [0.25, 0.3) is 27.2 Å². The Bertz CT molecular complexity index is 1210. The van der Waals surface area contributed by atoms with Gasteiger partial charge >= 0.3 is 5.97 Å². The lowest BCUT2D eigenvalue weighted by Crippen LogP contribution is -2.05. The molecule has 0 N–H and O–H groups in total. The maximum absolute atomic E-state index is 12.4. The van der Waals surface area contributed by atoms with Crippen molar-refractivity contribution in [3.05, 3.63) is 46.6 Å². The van der Waals surface area contributed by atoms with Gasteiger partial charge in [-0.05, 0) is 45.7 Å². The molecule has 7 nitrogen and oxygen atoms in total. The van der Waals surface area contributed by atoms with E-state index in [0.29, 0.717) is 17.4 Å². The third-order valence-electron chi connectivity index (χ3n) is 5.15. The van der Waals surface area contributed by atoms with Gasteiger partial charge in [0.2, 0.25) is 0 Å². The van der Waals surface area contributed by atoms with Crippen LogP contribution in [0.15, 0.2) is 29.0 Å². The Morgan fingerprint density at radius 1 is 1.38 bits per heavy atom. The molecule has 0 atom stereocenters. The molecule has 1 aliphatic rings. The molecule has 1 fully saturated rings. The molecule has 0 aliphatic heterocycles. The number of carbonyl (C=O) groups excluding carboxylic acids is 1. The van der Waals surface area contributed by atoms with E-state index in [1.165, 1.54) is 11.3 Å². The Morgan fingerprint density at radius 2 is 2.21 bits per heavy atom. The van der Waals surface area contributed by atoms with Gasteiger partial charge < -0.3 is 9.26 Å². The Balaban J connectivity index is 1.62. The molecule has 0 spiro atoms. The lowest BCUT2D eigenvalue weighted by molar-refractivity contribution is 0.0530. The van der Waals surface area contributed by atoms with Gasteiger partial charge in [0, 0.05) is 23.2 Å². The average molecular weight is 408 g/mol.